The lowest BCUT2D eigenvalue weighted by atomic mass is 10.1. The number of hydrogen-bond donors (Lipinski definition) is 0. The first kappa shape index (κ1) is 30.1. The summed E-state index contributed by atoms with van der Waals surface area (Å²) in [5.41, 5.74) is -1.48. The third kappa shape index (κ3) is 7.87. The monoisotopic (exact) mass is 567 g/mol. The van der Waals surface area contributed by atoms with E-state index in [1.165, 1.54) is 15.7 Å². The Bertz CT molecular complexity index is 1240. The Morgan fingerprint density at radius 3 is 2.45 bits per heavy atom. The zero-order valence-corrected chi connectivity index (χ0v) is 24.0. The molecule has 0 N–H and O–H groups in total. The van der Waals surface area contributed by atoms with E-state index in [4.69, 9.17) is 14.6 Å². The van der Waals surface area contributed by atoms with Crippen molar-refractivity contribution in [1.82, 2.24) is 24.1 Å². The van der Waals surface area contributed by atoms with E-state index in [1.54, 1.807) is 32.5 Å². The first-order chi connectivity index (χ1) is 18.7. The molecule has 40 heavy (non-hydrogen) atoms. The highest BCUT2D eigenvalue weighted by molar-refractivity contribution is 5.67. The fraction of sp³-hybridized carbons (Fsp3) is 0.679. The number of likely N-dealkylation sites (N-methyl/N-ethyl adjacent to an activating group) is 2. The molecule has 1 atom stereocenters. The molecule has 4 rings (SSSR count). The van der Waals surface area contributed by atoms with Gasteiger partial charge in [-0.3, -0.25) is 4.79 Å². The molecule has 12 heteroatoms. The molecule has 0 radical (unpaired) electrons. The van der Waals surface area contributed by atoms with Crippen molar-refractivity contribution in [2.75, 3.05) is 33.8 Å². The van der Waals surface area contributed by atoms with Crippen molar-refractivity contribution in [2.45, 2.75) is 84.0 Å². The fourth-order valence-electron chi connectivity index (χ4n) is 4.67. The molecule has 2 fully saturated rings. The van der Waals surface area contributed by atoms with E-state index < -0.39 is 29.0 Å². The molecule has 2 aliphatic rings. The maximum absolute atomic E-state index is 13.9. The van der Waals surface area contributed by atoms with Gasteiger partial charge in [-0.25, -0.2) is 9.48 Å². The van der Waals surface area contributed by atoms with Gasteiger partial charge in [-0.1, -0.05) is 0 Å². The predicted molar refractivity (Wildman–Crippen MR) is 144 cm³/mol. The predicted octanol–water partition coefficient (Wildman–Crippen LogP) is 5.14. The summed E-state index contributed by atoms with van der Waals surface area (Å²) >= 11 is 0. The highest BCUT2D eigenvalue weighted by Gasteiger charge is 2.36. The van der Waals surface area contributed by atoms with Crippen LogP contribution in [0, 0.1) is 5.92 Å². The first-order valence-corrected chi connectivity index (χ1v) is 13.9. The summed E-state index contributed by atoms with van der Waals surface area (Å²) in [5, 5.41) is 4.71. The van der Waals surface area contributed by atoms with E-state index >= 15 is 0 Å². The first-order valence-electron chi connectivity index (χ1n) is 13.9. The second-order valence-corrected chi connectivity index (χ2v) is 12.0. The average molecular weight is 568 g/mol. The summed E-state index contributed by atoms with van der Waals surface area (Å²) in [7, 11) is 3.53. The quantitative estimate of drug-likeness (QED) is 0.418. The maximum Gasteiger partial charge on any atom is 0.421 e. The number of ether oxygens (including phenoxy) is 2. The number of nitrogens with zero attached hydrogens (tertiary/aromatic N) is 5. The van der Waals surface area contributed by atoms with Crippen LogP contribution in [0.5, 0.6) is 0 Å². The van der Waals surface area contributed by atoms with Crippen LogP contribution in [0.1, 0.15) is 70.2 Å². The number of amides is 1. The Kier molecular flexibility index (Phi) is 8.99. The standard InChI is InChI=1S/C28H40F3N5O4/c1-27(2,3)40-26(38)34(5)12-11-33(4)16-21-18-36(23-8-6-7-13-39-23)32-24(21)20-14-22(28(29,30)31)25(37)35(17-20)15-19-9-10-19/h14,17-19,23H,6-13,15-16H2,1-5H3. The molecular formula is C28H40F3N5O4. The fourth-order valence-corrected chi connectivity index (χ4v) is 4.67. The SMILES string of the molecule is CN(CCN(C)C(=O)OC(C)(C)C)Cc1cn(C2CCCCO2)nc1-c1cc(C(F)(F)F)c(=O)n(CC2CC2)c1. The Hall–Kier alpha value is -2.86. The second kappa shape index (κ2) is 11.9. The Morgan fingerprint density at radius 1 is 1.12 bits per heavy atom. The van der Waals surface area contributed by atoms with E-state index in [-0.39, 0.29) is 24.3 Å². The number of rotatable bonds is 9. The highest BCUT2D eigenvalue weighted by Crippen LogP contribution is 2.34. The van der Waals surface area contributed by atoms with Crippen molar-refractivity contribution < 1.29 is 27.4 Å². The molecule has 3 heterocycles. The molecule has 1 aliphatic heterocycles. The summed E-state index contributed by atoms with van der Waals surface area (Å²) in [5.74, 6) is 0.217. The lowest BCUT2D eigenvalue weighted by Gasteiger charge is -2.26. The summed E-state index contributed by atoms with van der Waals surface area (Å²) in [6.45, 7) is 7.52. The molecule has 0 aromatic carbocycles. The lowest BCUT2D eigenvalue weighted by molar-refractivity contribution is -0.138. The van der Waals surface area contributed by atoms with Crippen molar-refractivity contribution in [3.8, 4) is 11.3 Å². The van der Waals surface area contributed by atoms with Crippen molar-refractivity contribution in [3.63, 3.8) is 0 Å². The molecule has 1 saturated carbocycles. The average Bonchev–Trinajstić information content (AvgIpc) is 3.59. The minimum Gasteiger partial charge on any atom is -0.444 e. The molecule has 9 nitrogen and oxygen atoms in total. The van der Waals surface area contributed by atoms with Gasteiger partial charge < -0.3 is 23.8 Å². The zero-order valence-electron chi connectivity index (χ0n) is 24.0. The molecule has 2 aromatic rings. The summed E-state index contributed by atoms with van der Waals surface area (Å²) < 4.78 is 55.9. The van der Waals surface area contributed by atoms with E-state index in [0.29, 0.717) is 37.5 Å². The van der Waals surface area contributed by atoms with Crippen LogP contribution in [0.3, 0.4) is 0 Å². The van der Waals surface area contributed by atoms with Crippen LogP contribution in [-0.2, 0) is 28.7 Å². The van der Waals surface area contributed by atoms with Crippen molar-refractivity contribution in [1.29, 1.82) is 0 Å². The minimum absolute atomic E-state index is 0.217. The topological polar surface area (TPSA) is 81.8 Å². The number of alkyl halides is 3. The third-order valence-corrected chi connectivity index (χ3v) is 7.04. The van der Waals surface area contributed by atoms with E-state index in [0.717, 1.165) is 38.2 Å². The molecule has 0 spiro atoms. The number of pyridine rings is 1. The molecular weight excluding hydrogens is 527 g/mol. The summed E-state index contributed by atoms with van der Waals surface area (Å²) in [6, 6.07) is 0.917. The van der Waals surface area contributed by atoms with Crippen LogP contribution in [0.25, 0.3) is 11.3 Å². The van der Waals surface area contributed by atoms with Crippen LogP contribution in [-0.4, -0.2) is 69.6 Å². The number of aromatic nitrogens is 3. The smallest absolute Gasteiger partial charge is 0.421 e. The van der Waals surface area contributed by atoms with Gasteiger partial charge >= 0.3 is 12.3 Å². The second-order valence-electron chi connectivity index (χ2n) is 12.0. The lowest BCUT2D eigenvalue weighted by Crippen LogP contribution is -2.38. The molecule has 1 unspecified atom stereocenters. The van der Waals surface area contributed by atoms with Gasteiger partial charge in [0.15, 0.2) is 0 Å². The summed E-state index contributed by atoms with van der Waals surface area (Å²) in [6.07, 6.45) is 2.29. The Labute approximate surface area is 232 Å². The zero-order chi connectivity index (χ0) is 29.2. The number of carbonyl (C=O) groups excluding carboxylic acids is 1. The normalized spacial score (nSPS) is 18.3. The number of hydrogen-bond acceptors (Lipinski definition) is 6. The van der Waals surface area contributed by atoms with Gasteiger partial charge in [-0.2, -0.15) is 18.3 Å². The van der Waals surface area contributed by atoms with Gasteiger partial charge in [-0.05, 0) is 71.9 Å². The van der Waals surface area contributed by atoms with Crippen LogP contribution in [0.15, 0.2) is 23.3 Å². The largest absolute Gasteiger partial charge is 0.444 e. The third-order valence-electron chi connectivity index (χ3n) is 7.04. The van der Waals surface area contributed by atoms with E-state index in [2.05, 4.69) is 0 Å². The van der Waals surface area contributed by atoms with Crippen molar-refractivity contribution >= 4 is 6.09 Å². The van der Waals surface area contributed by atoms with Crippen molar-refractivity contribution in [2.24, 2.45) is 5.92 Å². The van der Waals surface area contributed by atoms with E-state index in [9.17, 15) is 22.8 Å². The van der Waals surface area contributed by atoms with Gasteiger partial charge in [0.25, 0.3) is 5.56 Å². The van der Waals surface area contributed by atoms with Crippen LogP contribution in [0.4, 0.5) is 18.0 Å². The van der Waals surface area contributed by atoms with Gasteiger partial charge in [-0.15, -0.1) is 0 Å². The number of carbonyl (C=O) groups is 1. The minimum atomic E-state index is -4.78. The van der Waals surface area contributed by atoms with Gasteiger partial charge in [0, 0.05) is 63.4 Å². The van der Waals surface area contributed by atoms with Gasteiger partial charge in [0.2, 0.25) is 0 Å². The van der Waals surface area contributed by atoms with Crippen molar-refractivity contribution in [3.05, 3.63) is 39.9 Å². The maximum atomic E-state index is 13.9. The molecule has 1 saturated heterocycles. The van der Waals surface area contributed by atoms with Crippen LogP contribution < -0.4 is 5.56 Å². The molecule has 0 bridgehead atoms. The Morgan fingerprint density at radius 2 is 1.85 bits per heavy atom. The molecule has 1 amide bonds. The Balaban J connectivity index is 1.62. The molecule has 1 aliphatic carbocycles. The highest BCUT2D eigenvalue weighted by atomic mass is 19.4. The summed E-state index contributed by atoms with van der Waals surface area (Å²) in [4.78, 5) is 28.5. The van der Waals surface area contributed by atoms with Gasteiger partial charge in [0.1, 0.15) is 17.4 Å². The van der Waals surface area contributed by atoms with E-state index in [1.807, 2.05) is 18.1 Å². The number of halogens is 3. The van der Waals surface area contributed by atoms with Crippen LogP contribution >= 0.6 is 0 Å². The molecule has 222 valence electrons. The van der Waals surface area contributed by atoms with Gasteiger partial charge in [0.05, 0.1) is 5.69 Å². The van der Waals surface area contributed by atoms with Crippen LogP contribution in [0.2, 0.25) is 0 Å². The molecule has 2 aromatic heterocycles.